The van der Waals surface area contributed by atoms with Crippen molar-refractivity contribution in [2.75, 3.05) is 10.6 Å². The predicted molar refractivity (Wildman–Crippen MR) is 112 cm³/mol. The molecule has 0 amide bonds. The highest BCUT2D eigenvalue weighted by Gasteiger charge is 2.35. The van der Waals surface area contributed by atoms with Crippen LogP contribution in [0.1, 0.15) is 30.9 Å². The van der Waals surface area contributed by atoms with E-state index in [2.05, 4.69) is 27.5 Å². The molecule has 0 radical (unpaired) electrons. The van der Waals surface area contributed by atoms with Crippen molar-refractivity contribution in [2.24, 2.45) is 0 Å². The van der Waals surface area contributed by atoms with Crippen LogP contribution in [0.4, 0.5) is 42.0 Å². The Kier molecular flexibility index (Phi) is 6.68. The number of benzene rings is 2. The average Bonchev–Trinajstić information content (AvgIpc) is 2.72. The van der Waals surface area contributed by atoms with E-state index in [-0.39, 0.29) is 17.5 Å². The van der Waals surface area contributed by atoms with E-state index in [0.29, 0.717) is 17.6 Å². The first-order valence-corrected chi connectivity index (χ1v) is 9.58. The Bertz CT molecular complexity index is 1060. The number of non-ortho nitro benzene ring substituents is 1. The fourth-order valence-electron chi connectivity index (χ4n) is 2.86. The lowest BCUT2D eigenvalue weighted by molar-refractivity contribution is -0.384. The van der Waals surface area contributed by atoms with Crippen LogP contribution in [0.2, 0.25) is 0 Å². The third-order valence-electron chi connectivity index (χ3n) is 4.44. The molecule has 10 heteroatoms. The van der Waals surface area contributed by atoms with Gasteiger partial charge in [0.1, 0.15) is 11.4 Å². The molecule has 2 aromatic carbocycles. The van der Waals surface area contributed by atoms with Crippen molar-refractivity contribution < 1.29 is 18.1 Å². The van der Waals surface area contributed by atoms with Crippen molar-refractivity contribution >= 4 is 28.8 Å². The maximum atomic E-state index is 13.5. The number of aryl methyl sites for hydroxylation is 1. The number of aromatic nitrogens is 2. The number of halogens is 3. The minimum Gasteiger partial charge on any atom is -0.340 e. The Morgan fingerprint density at radius 1 is 1.06 bits per heavy atom. The fraction of sp³-hybridized carbons (Fsp3) is 0.238. The van der Waals surface area contributed by atoms with Crippen LogP contribution in [0, 0.1) is 10.1 Å². The Morgan fingerprint density at radius 2 is 1.81 bits per heavy atom. The molecule has 0 aliphatic rings. The third-order valence-corrected chi connectivity index (χ3v) is 4.44. The van der Waals surface area contributed by atoms with Crippen LogP contribution >= 0.6 is 0 Å². The summed E-state index contributed by atoms with van der Waals surface area (Å²) in [6, 6.07) is 12.5. The van der Waals surface area contributed by atoms with Gasteiger partial charge in [-0.1, -0.05) is 25.5 Å². The zero-order valence-electron chi connectivity index (χ0n) is 16.6. The summed E-state index contributed by atoms with van der Waals surface area (Å²) in [4.78, 5) is 17.9. The van der Waals surface area contributed by atoms with E-state index < -0.39 is 16.7 Å². The van der Waals surface area contributed by atoms with Gasteiger partial charge in [0.2, 0.25) is 5.95 Å². The van der Waals surface area contributed by atoms with Crippen LogP contribution in [0.3, 0.4) is 0 Å². The first-order chi connectivity index (χ1) is 14.8. The topological polar surface area (TPSA) is 93.0 Å². The van der Waals surface area contributed by atoms with Crippen LogP contribution in [0.5, 0.6) is 0 Å². The normalized spacial score (nSPS) is 11.2. The summed E-state index contributed by atoms with van der Waals surface area (Å²) < 4.78 is 40.4. The second-order valence-electron chi connectivity index (χ2n) is 6.81. The molecule has 7 nitrogen and oxygen atoms in total. The first-order valence-electron chi connectivity index (χ1n) is 9.58. The van der Waals surface area contributed by atoms with E-state index in [0.717, 1.165) is 24.8 Å². The molecule has 0 atom stereocenters. The third kappa shape index (κ3) is 5.91. The van der Waals surface area contributed by atoms with Crippen LogP contribution in [0.25, 0.3) is 0 Å². The summed E-state index contributed by atoms with van der Waals surface area (Å²) in [5, 5.41) is 16.3. The molecule has 1 heterocycles. The van der Waals surface area contributed by atoms with Gasteiger partial charge in [0.25, 0.3) is 5.69 Å². The molecule has 3 rings (SSSR count). The Balaban J connectivity index is 1.88. The van der Waals surface area contributed by atoms with Gasteiger partial charge in [0.15, 0.2) is 0 Å². The Hall–Kier alpha value is -3.69. The maximum Gasteiger partial charge on any atom is 0.421 e. The summed E-state index contributed by atoms with van der Waals surface area (Å²) >= 11 is 0. The van der Waals surface area contributed by atoms with E-state index in [1.54, 1.807) is 18.2 Å². The Morgan fingerprint density at radius 3 is 2.45 bits per heavy atom. The van der Waals surface area contributed by atoms with Crippen LogP contribution in [-0.2, 0) is 12.6 Å². The van der Waals surface area contributed by atoms with Crippen molar-refractivity contribution in [3.05, 3.63) is 76.0 Å². The summed E-state index contributed by atoms with van der Waals surface area (Å²) in [5.41, 5.74) is 0.792. The highest BCUT2D eigenvalue weighted by Crippen LogP contribution is 2.35. The number of rotatable bonds is 8. The average molecular weight is 431 g/mol. The molecule has 3 aromatic rings. The number of nitrogens with one attached hydrogen (secondary N) is 2. The molecule has 2 N–H and O–H groups in total. The lowest BCUT2D eigenvalue weighted by atomic mass is 10.1. The van der Waals surface area contributed by atoms with E-state index in [1.807, 2.05) is 6.07 Å². The fourth-order valence-corrected chi connectivity index (χ4v) is 2.86. The minimum atomic E-state index is -4.64. The molecule has 1 aromatic heterocycles. The lowest BCUT2D eigenvalue weighted by Gasteiger charge is -2.15. The standard InChI is InChI=1S/C21H20F3N5O2/c1-2-3-5-14-6-4-7-16(12-14)26-19-18(21(22,23)24)13-25-20(28-19)27-15-8-10-17(11-9-15)29(30)31/h4,6-13H,2-3,5H2,1H3,(H2,25,26,27,28). The molecular formula is C21H20F3N5O2. The number of nitro groups is 1. The highest BCUT2D eigenvalue weighted by atomic mass is 19.4. The van der Waals surface area contributed by atoms with Gasteiger partial charge in [-0.25, -0.2) is 4.98 Å². The summed E-state index contributed by atoms with van der Waals surface area (Å²) in [6.07, 6.45) is -1.12. The molecule has 31 heavy (non-hydrogen) atoms. The zero-order valence-corrected chi connectivity index (χ0v) is 16.6. The maximum absolute atomic E-state index is 13.5. The number of unbranched alkanes of at least 4 members (excludes halogenated alkanes) is 1. The van der Waals surface area contributed by atoms with E-state index >= 15 is 0 Å². The minimum absolute atomic E-state index is 0.0773. The molecule has 0 unspecified atom stereocenters. The van der Waals surface area contributed by atoms with E-state index in [1.165, 1.54) is 24.3 Å². The summed E-state index contributed by atoms with van der Waals surface area (Å²) in [6.45, 7) is 2.07. The van der Waals surface area contributed by atoms with Crippen LogP contribution in [-0.4, -0.2) is 14.9 Å². The predicted octanol–water partition coefficient (Wildman–Crippen LogP) is 6.23. The summed E-state index contributed by atoms with van der Waals surface area (Å²) in [5.74, 6) is -0.467. The largest absolute Gasteiger partial charge is 0.421 e. The Labute approximate surface area is 176 Å². The number of hydrogen-bond donors (Lipinski definition) is 2. The van der Waals surface area contributed by atoms with Crippen molar-refractivity contribution in [2.45, 2.75) is 32.4 Å². The quantitative estimate of drug-likeness (QED) is 0.324. The van der Waals surface area contributed by atoms with Gasteiger partial charge in [-0.2, -0.15) is 18.2 Å². The number of hydrogen-bond acceptors (Lipinski definition) is 6. The summed E-state index contributed by atoms with van der Waals surface area (Å²) in [7, 11) is 0. The monoisotopic (exact) mass is 431 g/mol. The number of nitrogens with zero attached hydrogens (tertiary/aromatic N) is 3. The second-order valence-corrected chi connectivity index (χ2v) is 6.81. The van der Waals surface area contributed by atoms with Gasteiger partial charge in [0, 0.05) is 29.7 Å². The molecule has 0 aliphatic heterocycles. The number of anilines is 4. The van der Waals surface area contributed by atoms with Crippen molar-refractivity contribution in [1.29, 1.82) is 0 Å². The zero-order chi connectivity index (χ0) is 22.4. The number of alkyl halides is 3. The lowest BCUT2D eigenvalue weighted by Crippen LogP contribution is -2.12. The van der Waals surface area contributed by atoms with E-state index in [9.17, 15) is 23.3 Å². The van der Waals surface area contributed by atoms with Gasteiger partial charge < -0.3 is 10.6 Å². The van der Waals surface area contributed by atoms with Crippen molar-refractivity contribution in [1.82, 2.24) is 9.97 Å². The van der Waals surface area contributed by atoms with Gasteiger partial charge >= 0.3 is 6.18 Å². The van der Waals surface area contributed by atoms with Crippen molar-refractivity contribution in [3.8, 4) is 0 Å². The molecule has 0 spiro atoms. The second kappa shape index (κ2) is 9.41. The molecule has 0 bridgehead atoms. The van der Waals surface area contributed by atoms with Crippen LogP contribution < -0.4 is 10.6 Å². The van der Waals surface area contributed by atoms with Crippen molar-refractivity contribution in [3.63, 3.8) is 0 Å². The SMILES string of the molecule is CCCCc1cccc(Nc2nc(Nc3ccc([N+](=O)[O-])cc3)ncc2C(F)(F)F)c1. The molecular weight excluding hydrogens is 411 g/mol. The molecule has 0 saturated heterocycles. The molecule has 0 saturated carbocycles. The first kappa shape index (κ1) is 22.0. The smallest absolute Gasteiger partial charge is 0.340 e. The molecule has 0 fully saturated rings. The molecule has 162 valence electrons. The van der Waals surface area contributed by atoms with Gasteiger partial charge in [-0.05, 0) is 42.7 Å². The molecule has 0 aliphatic carbocycles. The van der Waals surface area contributed by atoms with Gasteiger partial charge in [-0.15, -0.1) is 0 Å². The number of nitro benzene ring substituents is 1. The van der Waals surface area contributed by atoms with Gasteiger partial charge in [-0.3, -0.25) is 10.1 Å². The van der Waals surface area contributed by atoms with E-state index in [4.69, 9.17) is 0 Å². The highest BCUT2D eigenvalue weighted by molar-refractivity contribution is 5.63. The van der Waals surface area contributed by atoms with Gasteiger partial charge in [0.05, 0.1) is 4.92 Å². The van der Waals surface area contributed by atoms with Crippen LogP contribution in [0.15, 0.2) is 54.7 Å².